The van der Waals surface area contributed by atoms with Crippen LogP contribution >= 0.6 is 0 Å². The van der Waals surface area contributed by atoms with Gasteiger partial charge in [0, 0.05) is 35.1 Å². The molecular formula is C15H17N3O2. The lowest BCUT2D eigenvalue weighted by Crippen LogP contribution is -2.44. The van der Waals surface area contributed by atoms with E-state index in [1.165, 1.54) is 6.42 Å². The van der Waals surface area contributed by atoms with Crippen molar-refractivity contribution in [2.75, 3.05) is 5.32 Å². The number of nitrogens with zero attached hydrogens (tertiary/aromatic N) is 2. The van der Waals surface area contributed by atoms with Crippen LogP contribution < -0.4 is 5.32 Å². The summed E-state index contributed by atoms with van der Waals surface area (Å²) in [6.07, 6.45) is 7.87. The van der Waals surface area contributed by atoms with Crippen molar-refractivity contribution >= 4 is 22.1 Å². The molecule has 0 bridgehead atoms. The lowest BCUT2D eigenvalue weighted by atomic mass is 9.74. The number of benzene rings is 1. The van der Waals surface area contributed by atoms with E-state index in [9.17, 15) is 10.1 Å². The van der Waals surface area contributed by atoms with Gasteiger partial charge in [-0.1, -0.05) is 6.92 Å². The monoisotopic (exact) mass is 271 g/mol. The van der Waals surface area contributed by atoms with Crippen LogP contribution in [0, 0.1) is 10.1 Å². The topological polar surface area (TPSA) is 68.1 Å². The molecule has 20 heavy (non-hydrogen) atoms. The molecular weight excluding hydrogens is 254 g/mol. The molecule has 0 saturated heterocycles. The normalized spacial score (nSPS) is 16.6. The molecule has 1 saturated carbocycles. The van der Waals surface area contributed by atoms with E-state index in [-0.39, 0.29) is 16.1 Å². The predicted octanol–water partition coefficient (Wildman–Crippen LogP) is 3.89. The molecule has 1 N–H and O–H groups in total. The van der Waals surface area contributed by atoms with Gasteiger partial charge in [0.15, 0.2) is 0 Å². The summed E-state index contributed by atoms with van der Waals surface area (Å²) in [5.41, 5.74) is 1.24. The second-order valence-electron chi connectivity index (χ2n) is 5.42. The molecule has 1 aromatic heterocycles. The Morgan fingerprint density at radius 1 is 1.35 bits per heavy atom. The van der Waals surface area contributed by atoms with E-state index in [1.807, 2.05) is 12.1 Å². The van der Waals surface area contributed by atoms with Gasteiger partial charge < -0.3 is 5.32 Å². The summed E-state index contributed by atoms with van der Waals surface area (Å²) in [7, 11) is 0. The summed E-state index contributed by atoms with van der Waals surface area (Å²) in [6.45, 7) is 2.18. The Kier molecular flexibility index (Phi) is 3.04. The second-order valence-corrected chi connectivity index (χ2v) is 5.42. The van der Waals surface area contributed by atoms with Gasteiger partial charge in [-0.15, -0.1) is 0 Å². The summed E-state index contributed by atoms with van der Waals surface area (Å²) < 4.78 is 0. The predicted molar refractivity (Wildman–Crippen MR) is 78.9 cm³/mol. The van der Waals surface area contributed by atoms with Crippen LogP contribution in [0.5, 0.6) is 0 Å². The molecule has 1 aliphatic rings. The Morgan fingerprint density at radius 3 is 2.75 bits per heavy atom. The molecule has 1 aliphatic carbocycles. The third-order valence-corrected chi connectivity index (χ3v) is 4.38. The number of hydrogen-bond donors (Lipinski definition) is 1. The van der Waals surface area contributed by atoms with E-state index in [1.54, 1.807) is 18.5 Å². The molecule has 5 nitrogen and oxygen atoms in total. The minimum absolute atomic E-state index is 0.109. The van der Waals surface area contributed by atoms with Crippen molar-refractivity contribution in [3.63, 3.8) is 0 Å². The van der Waals surface area contributed by atoms with E-state index in [2.05, 4.69) is 17.2 Å². The third kappa shape index (κ3) is 1.99. The molecule has 1 fully saturated rings. The summed E-state index contributed by atoms with van der Waals surface area (Å²) >= 11 is 0. The Hall–Kier alpha value is -2.17. The molecule has 0 amide bonds. The lowest BCUT2D eigenvalue weighted by molar-refractivity contribution is -0.383. The molecule has 0 aliphatic heterocycles. The number of hydrogen-bond acceptors (Lipinski definition) is 4. The van der Waals surface area contributed by atoms with Crippen LogP contribution in [0.2, 0.25) is 0 Å². The molecule has 0 radical (unpaired) electrons. The van der Waals surface area contributed by atoms with Gasteiger partial charge in [0.1, 0.15) is 0 Å². The highest BCUT2D eigenvalue weighted by Gasteiger charge is 2.35. The maximum absolute atomic E-state index is 11.1. The van der Waals surface area contributed by atoms with Gasteiger partial charge in [0.05, 0.1) is 10.3 Å². The standard InChI is InChI=1S/C15H17N3O2/c1-2-15(7-3-8-15)17-13-4-5-14(18(19)20)12-10-16-9-6-11(12)13/h4-6,9-10,17H,2-3,7-8H2,1H3. The molecule has 1 heterocycles. The Bertz CT molecular complexity index is 660. The van der Waals surface area contributed by atoms with Crippen molar-refractivity contribution in [1.82, 2.24) is 4.98 Å². The SMILES string of the molecule is CCC1(Nc2ccc([N+](=O)[O-])c3cnccc23)CCC1. The number of nitro benzene ring substituents is 1. The first-order chi connectivity index (χ1) is 9.65. The molecule has 0 atom stereocenters. The molecule has 0 spiro atoms. The minimum atomic E-state index is -0.354. The minimum Gasteiger partial charge on any atom is -0.379 e. The number of rotatable bonds is 4. The first-order valence-corrected chi connectivity index (χ1v) is 6.94. The van der Waals surface area contributed by atoms with E-state index in [0.717, 1.165) is 30.3 Å². The summed E-state index contributed by atoms with van der Waals surface area (Å²) in [4.78, 5) is 14.8. The average Bonchev–Trinajstić information content (AvgIpc) is 2.42. The zero-order valence-corrected chi connectivity index (χ0v) is 11.4. The summed E-state index contributed by atoms with van der Waals surface area (Å²) in [5.74, 6) is 0. The Balaban J connectivity index is 2.08. The number of fused-ring (bicyclic) bond motifs is 1. The highest BCUT2D eigenvalue weighted by atomic mass is 16.6. The quantitative estimate of drug-likeness (QED) is 0.676. The van der Waals surface area contributed by atoms with Gasteiger partial charge >= 0.3 is 0 Å². The highest BCUT2D eigenvalue weighted by Crippen LogP contribution is 2.40. The fraction of sp³-hybridized carbons (Fsp3) is 0.400. The smallest absolute Gasteiger partial charge is 0.278 e. The van der Waals surface area contributed by atoms with Crippen LogP contribution in [0.25, 0.3) is 10.8 Å². The molecule has 104 valence electrons. The zero-order valence-electron chi connectivity index (χ0n) is 11.4. The van der Waals surface area contributed by atoms with Gasteiger partial charge in [-0.05, 0) is 37.8 Å². The van der Waals surface area contributed by atoms with Crippen LogP contribution in [0.3, 0.4) is 0 Å². The number of nitrogens with one attached hydrogen (secondary N) is 1. The second kappa shape index (κ2) is 4.74. The highest BCUT2D eigenvalue weighted by molar-refractivity contribution is 5.99. The van der Waals surface area contributed by atoms with Gasteiger partial charge in [0.2, 0.25) is 0 Å². The van der Waals surface area contributed by atoms with E-state index < -0.39 is 0 Å². The van der Waals surface area contributed by atoms with E-state index in [0.29, 0.717) is 5.39 Å². The number of nitro groups is 1. The van der Waals surface area contributed by atoms with E-state index in [4.69, 9.17) is 0 Å². The Labute approximate surface area is 117 Å². The number of anilines is 1. The van der Waals surface area contributed by atoms with Gasteiger partial charge in [-0.3, -0.25) is 15.1 Å². The number of aromatic nitrogens is 1. The van der Waals surface area contributed by atoms with Crippen molar-refractivity contribution in [3.8, 4) is 0 Å². The third-order valence-electron chi connectivity index (χ3n) is 4.38. The largest absolute Gasteiger partial charge is 0.379 e. The number of non-ortho nitro benzene ring substituents is 1. The van der Waals surface area contributed by atoms with Crippen LogP contribution in [0.1, 0.15) is 32.6 Å². The van der Waals surface area contributed by atoms with Crippen molar-refractivity contribution < 1.29 is 4.92 Å². The van der Waals surface area contributed by atoms with Crippen LogP contribution in [-0.2, 0) is 0 Å². The van der Waals surface area contributed by atoms with Crippen molar-refractivity contribution in [1.29, 1.82) is 0 Å². The van der Waals surface area contributed by atoms with Crippen LogP contribution in [0.4, 0.5) is 11.4 Å². The van der Waals surface area contributed by atoms with Crippen molar-refractivity contribution in [2.24, 2.45) is 0 Å². The maximum atomic E-state index is 11.1. The van der Waals surface area contributed by atoms with Gasteiger partial charge in [0.25, 0.3) is 5.69 Å². The molecule has 5 heteroatoms. The van der Waals surface area contributed by atoms with Crippen molar-refractivity contribution in [2.45, 2.75) is 38.1 Å². The first kappa shape index (κ1) is 12.8. The van der Waals surface area contributed by atoms with E-state index >= 15 is 0 Å². The van der Waals surface area contributed by atoms with Crippen LogP contribution in [0.15, 0.2) is 30.6 Å². The lowest BCUT2D eigenvalue weighted by Gasteiger charge is -2.43. The average molecular weight is 271 g/mol. The molecule has 2 aromatic rings. The van der Waals surface area contributed by atoms with Crippen LogP contribution in [-0.4, -0.2) is 15.4 Å². The van der Waals surface area contributed by atoms with Gasteiger partial charge in [-0.2, -0.15) is 0 Å². The maximum Gasteiger partial charge on any atom is 0.278 e. The van der Waals surface area contributed by atoms with Gasteiger partial charge in [-0.25, -0.2) is 0 Å². The summed E-state index contributed by atoms with van der Waals surface area (Å²) in [5, 5.41) is 16.2. The Morgan fingerprint density at radius 2 is 2.15 bits per heavy atom. The fourth-order valence-corrected chi connectivity index (χ4v) is 2.90. The fourth-order valence-electron chi connectivity index (χ4n) is 2.90. The zero-order chi connectivity index (χ0) is 14.2. The molecule has 1 aromatic carbocycles. The molecule has 0 unspecified atom stereocenters. The molecule has 3 rings (SSSR count). The first-order valence-electron chi connectivity index (χ1n) is 6.94. The summed E-state index contributed by atoms with van der Waals surface area (Å²) in [6, 6.07) is 5.22. The van der Waals surface area contributed by atoms with Crippen molar-refractivity contribution in [3.05, 3.63) is 40.7 Å². The number of pyridine rings is 1.